The highest BCUT2D eigenvalue weighted by atomic mass is 32.2. The van der Waals surface area contributed by atoms with Gasteiger partial charge in [0, 0.05) is 22.5 Å². The number of aryl methyl sites for hydroxylation is 1. The number of thiophene rings is 1. The second kappa shape index (κ2) is 3.39. The van der Waals surface area contributed by atoms with Crippen molar-refractivity contribution < 1.29 is 0 Å². The van der Waals surface area contributed by atoms with Gasteiger partial charge in [-0.05, 0) is 31.4 Å². The first-order chi connectivity index (χ1) is 6.18. The van der Waals surface area contributed by atoms with E-state index in [0.29, 0.717) is 5.37 Å². The first kappa shape index (κ1) is 9.16. The fourth-order valence-corrected chi connectivity index (χ4v) is 3.63. The Morgan fingerprint density at radius 3 is 2.54 bits per heavy atom. The largest absolute Gasteiger partial charge is 0.361 e. The maximum atomic E-state index is 2.33. The zero-order chi connectivity index (χ0) is 9.42. The number of hydrogen-bond donors (Lipinski definition) is 0. The van der Waals surface area contributed by atoms with Gasteiger partial charge >= 0.3 is 0 Å². The van der Waals surface area contributed by atoms with Crippen LogP contribution in [0, 0.1) is 6.92 Å². The molecule has 0 saturated carbocycles. The van der Waals surface area contributed by atoms with Crippen molar-refractivity contribution in [2.45, 2.75) is 19.2 Å². The fourth-order valence-electron chi connectivity index (χ4n) is 1.37. The summed E-state index contributed by atoms with van der Waals surface area (Å²) >= 11 is 3.79. The number of nitrogens with zero attached hydrogens (tertiary/aromatic N) is 1. The minimum atomic E-state index is 0.513. The molecule has 0 amide bonds. The molecule has 0 radical (unpaired) electrons. The van der Waals surface area contributed by atoms with Crippen LogP contribution >= 0.6 is 23.1 Å². The van der Waals surface area contributed by atoms with E-state index in [1.807, 2.05) is 23.1 Å². The highest BCUT2D eigenvalue weighted by molar-refractivity contribution is 8.02. The van der Waals surface area contributed by atoms with Gasteiger partial charge in [-0.2, -0.15) is 0 Å². The maximum Gasteiger partial charge on any atom is 0.113 e. The van der Waals surface area contributed by atoms with Crippen LogP contribution in [-0.2, 0) is 0 Å². The molecule has 0 bridgehead atoms. The van der Waals surface area contributed by atoms with Crippen LogP contribution < -0.4 is 0 Å². The third-order valence-electron chi connectivity index (χ3n) is 2.28. The molecule has 0 spiro atoms. The third kappa shape index (κ3) is 1.63. The van der Waals surface area contributed by atoms with Crippen molar-refractivity contribution in [2.24, 2.45) is 0 Å². The summed E-state index contributed by atoms with van der Waals surface area (Å²) in [5.41, 5.74) is 1.36. The molecule has 1 aromatic heterocycles. The van der Waals surface area contributed by atoms with Crippen molar-refractivity contribution in [3.05, 3.63) is 33.0 Å². The summed E-state index contributed by atoms with van der Waals surface area (Å²) < 4.78 is 0. The van der Waals surface area contributed by atoms with Gasteiger partial charge in [0.2, 0.25) is 0 Å². The van der Waals surface area contributed by atoms with Crippen LogP contribution in [0.5, 0.6) is 0 Å². The first-order valence-corrected chi connectivity index (χ1v) is 6.06. The lowest BCUT2D eigenvalue weighted by Gasteiger charge is -2.21. The van der Waals surface area contributed by atoms with E-state index < -0.39 is 0 Å². The van der Waals surface area contributed by atoms with Crippen molar-refractivity contribution in [3.63, 3.8) is 0 Å². The molecule has 1 atom stereocenters. The van der Waals surface area contributed by atoms with Crippen LogP contribution in [0.1, 0.15) is 22.1 Å². The highest BCUT2D eigenvalue weighted by Gasteiger charge is 2.23. The minimum Gasteiger partial charge on any atom is -0.361 e. The standard InChI is InChI=1S/C10H13NS2/c1-7-6-12-10(11(7)3)9-5-4-8(2)13-9/h4-6,10H,1-3H3. The Kier molecular flexibility index (Phi) is 2.39. The van der Waals surface area contributed by atoms with E-state index in [9.17, 15) is 0 Å². The SMILES string of the molecule is CC1=CSC(c2ccc(C)s2)N1C. The van der Waals surface area contributed by atoms with Gasteiger partial charge in [0.15, 0.2) is 0 Å². The van der Waals surface area contributed by atoms with E-state index in [-0.39, 0.29) is 0 Å². The molecule has 2 rings (SSSR count). The fraction of sp³-hybridized carbons (Fsp3) is 0.400. The normalized spacial score (nSPS) is 22.2. The molecular weight excluding hydrogens is 198 g/mol. The van der Waals surface area contributed by atoms with Gasteiger partial charge in [0.05, 0.1) is 0 Å². The van der Waals surface area contributed by atoms with Gasteiger partial charge in [-0.25, -0.2) is 0 Å². The van der Waals surface area contributed by atoms with Gasteiger partial charge in [0.1, 0.15) is 5.37 Å². The summed E-state index contributed by atoms with van der Waals surface area (Å²) in [5.74, 6) is 0. The molecule has 0 N–H and O–H groups in total. The Balaban J connectivity index is 2.21. The van der Waals surface area contributed by atoms with Crippen LogP contribution in [-0.4, -0.2) is 11.9 Å². The molecule has 1 unspecified atom stereocenters. The lowest BCUT2D eigenvalue weighted by molar-refractivity contribution is 0.416. The predicted molar refractivity (Wildman–Crippen MR) is 60.9 cm³/mol. The topological polar surface area (TPSA) is 3.24 Å². The molecule has 13 heavy (non-hydrogen) atoms. The monoisotopic (exact) mass is 211 g/mol. The summed E-state index contributed by atoms with van der Waals surface area (Å²) in [7, 11) is 2.16. The first-order valence-electron chi connectivity index (χ1n) is 4.30. The molecule has 1 nitrogen and oxygen atoms in total. The van der Waals surface area contributed by atoms with Crippen LogP contribution in [0.4, 0.5) is 0 Å². The molecule has 1 aromatic rings. The van der Waals surface area contributed by atoms with E-state index in [4.69, 9.17) is 0 Å². The van der Waals surface area contributed by atoms with Gasteiger partial charge < -0.3 is 4.90 Å². The van der Waals surface area contributed by atoms with E-state index in [0.717, 1.165) is 0 Å². The molecular formula is C10H13NS2. The van der Waals surface area contributed by atoms with E-state index in [1.165, 1.54) is 15.5 Å². The van der Waals surface area contributed by atoms with Crippen molar-refractivity contribution in [2.75, 3.05) is 7.05 Å². The molecule has 0 aromatic carbocycles. The van der Waals surface area contributed by atoms with Crippen LogP contribution in [0.15, 0.2) is 23.2 Å². The molecule has 0 saturated heterocycles. The highest BCUT2D eigenvalue weighted by Crippen LogP contribution is 2.43. The summed E-state index contributed by atoms with van der Waals surface area (Å²) in [6.07, 6.45) is 0. The Bertz CT molecular complexity index is 340. The van der Waals surface area contributed by atoms with Crippen molar-refractivity contribution in [1.29, 1.82) is 0 Å². The number of allylic oxidation sites excluding steroid dienone is 1. The molecule has 0 fully saturated rings. The molecule has 3 heteroatoms. The van der Waals surface area contributed by atoms with Crippen LogP contribution in [0.3, 0.4) is 0 Å². The smallest absolute Gasteiger partial charge is 0.113 e. The molecule has 0 aliphatic carbocycles. The number of rotatable bonds is 1. The molecule has 70 valence electrons. The minimum absolute atomic E-state index is 0.513. The summed E-state index contributed by atoms with van der Waals surface area (Å²) in [6.45, 7) is 4.32. The van der Waals surface area contributed by atoms with Crippen molar-refractivity contribution >= 4 is 23.1 Å². The van der Waals surface area contributed by atoms with E-state index >= 15 is 0 Å². The molecule has 1 aliphatic rings. The van der Waals surface area contributed by atoms with E-state index in [2.05, 4.69) is 43.3 Å². The quantitative estimate of drug-likeness (QED) is 0.698. The third-order valence-corrected chi connectivity index (χ3v) is 4.79. The lowest BCUT2D eigenvalue weighted by atomic mass is 10.4. The maximum absolute atomic E-state index is 2.33. The van der Waals surface area contributed by atoms with Crippen molar-refractivity contribution in [3.8, 4) is 0 Å². The summed E-state index contributed by atoms with van der Waals surface area (Å²) in [4.78, 5) is 5.18. The average Bonchev–Trinajstić information content (AvgIpc) is 2.62. The zero-order valence-electron chi connectivity index (χ0n) is 8.07. The predicted octanol–water partition coefficient (Wildman–Crippen LogP) is 3.60. The summed E-state index contributed by atoms with van der Waals surface area (Å²) in [6, 6.07) is 4.43. The van der Waals surface area contributed by atoms with Gasteiger partial charge in [-0.3, -0.25) is 0 Å². The number of thioether (sulfide) groups is 1. The summed E-state index contributed by atoms with van der Waals surface area (Å²) in [5, 5.41) is 2.75. The number of hydrogen-bond acceptors (Lipinski definition) is 3. The Labute approximate surface area is 87.4 Å². The Morgan fingerprint density at radius 1 is 1.31 bits per heavy atom. The second-order valence-corrected chi connectivity index (χ2v) is 5.58. The van der Waals surface area contributed by atoms with E-state index in [1.54, 1.807) is 0 Å². The van der Waals surface area contributed by atoms with Gasteiger partial charge in [0.25, 0.3) is 0 Å². The Morgan fingerprint density at radius 2 is 2.08 bits per heavy atom. The van der Waals surface area contributed by atoms with Gasteiger partial charge in [-0.1, -0.05) is 0 Å². The second-order valence-electron chi connectivity index (χ2n) is 3.31. The van der Waals surface area contributed by atoms with Crippen molar-refractivity contribution in [1.82, 2.24) is 4.90 Å². The van der Waals surface area contributed by atoms with Gasteiger partial charge in [-0.15, -0.1) is 23.1 Å². The zero-order valence-corrected chi connectivity index (χ0v) is 9.71. The molecule has 2 heterocycles. The van der Waals surface area contributed by atoms with Crippen LogP contribution in [0.2, 0.25) is 0 Å². The van der Waals surface area contributed by atoms with Crippen LogP contribution in [0.25, 0.3) is 0 Å². The average molecular weight is 211 g/mol. The Hall–Kier alpha value is -0.410. The molecule has 1 aliphatic heterocycles. The lowest BCUT2D eigenvalue weighted by Crippen LogP contribution is -2.14.